The molecule has 0 saturated heterocycles. The number of rotatable bonds is 4. The summed E-state index contributed by atoms with van der Waals surface area (Å²) in [7, 11) is 0. The van der Waals surface area contributed by atoms with Gasteiger partial charge in [0.1, 0.15) is 23.2 Å². The van der Waals surface area contributed by atoms with Crippen molar-refractivity contribution < 1.29 is 4.42 Å². The number of aliphatic imine (C=N–C) groups is 2. The Morgan fingerprint density at radius 1 is 0.433 bits per heavy atom. The molecular formula is C55H33N3OS. The summed E-state index contributed by atoms with van der Waals surface area (Å²) in [4.78, 5) is 11.0. The second-order valence-electron chi connectivity index (χ2n) is 15.8. The maximum absolute atomic E-state index is 6.86. The van der Waals surface area contributed by atoms with Crippen LogP contribution in [0.2, 0.25) is 0 Å². The first-order chi connectivity index (χ1) is 29.7. The van der Waals surface area contributed by atoms with Gasteiger partial charge in [0.2, 0.25) is 0 Å². The molecule has 1 atom stereocenters. The standard InChI is InChI=1S/C55H33N3OS/c1-2-12-33-25-38(22-21-32(33)11-1)53-56-54(45-27-37-15-5-6-16-40(37)41-17-7-8-18-42(41)45)58-55(57-53)47-28-39(36-23-24-44-43-19-9-10-20-50(43)60-51(44)31-36)30-49-52(47)46-26-34-13-3-4-14-35(34)29-48(46)59-49/h1-31,53H,(H,56,57,58). The summed E-state index contributed by atoms with van der Waals surface area (Å²) in [6.45, 7) is 0. The van der Waals surface area contributed by atoms with Gasteiger partial charge in [0.15, 0.2) is 5.84 Å². The lowest BCUT2D eigenvalue weighted by atomic mass is 9.95. The lowest BCUT2D eigenvalue weighted by Gasteiger charge is -2.25. The molecule has 10 aromatic carbocycles. The molecule has 2 aromatic heterocycles. The third-order valence-corrected chi connectivity index (χ3v) is 13.4. The quantitative estimate of drug-likeness (QED) is 0.181. The molecule has 1 unspecified atom stereocenters. The van der Waals surface area contributed by atoms with Gasteiger partial charge in [-0.3, -0.25) is 0 Å². The van der Waals surface area contributed by atoms with Crippen LogP contribution in [0.1, 0.15) is 22.9 Å². The highest BCUT2D eigenvalue weighted by Crippen LogP contribution is 2.41. The largest absolute Gasteiger partial charge is 0.456 e. The first-order valence-corrected chi connectivity index (χ1v) is 21.1. The smallest absolute Gasteiger partial charge is 0.160 e. The van der Waals surface area contributed by atoms with Gasteiger partial charge in [0.05, 0.1) is 0 Å². The summed E-state index contributed by atoms with van der Waals surface area (Å²) >= 11 is 1.83. The zero-order valence-corrected chi connectivity index (χ0v) is 33.0. The van der Waals surface area contributed by atoms with E-state index >= 15 is 0 Å². The van der Waals surface area contributed by atoms with Crippen molar-refractivity contribution in [1.82, 2.24) is 5.32 Å². The average molecular weight is 784 g/mol. The summed E-state index contributed by atoms with van der Waals surface area (Å²) < 4.78 is 9.40. The molecule has 1 aliphatic rings. The molecule has 0 bridgehead atoms. The Morgan fingerprint density at radius 3 is 1.97 bits per heavy atom. The third kappa shape index (κ3) is 5.23. The summed E-state index contributed by atoms with van der Waals surface area (Å²) in [6.07, 6.45) is -0.407. The second kappa shape index (κ2) is 13.0. The summed E-state index contributed by atoms with van der Waals surface area (Å²) in [6, 6.07) is 67.5. The molecular weight excluding hydrogens is 751 g/mol. The fourth-order valence-corrected chi connectivity index (χ4v) is 10.5. The molecule has 0 aliphatic carbocycles. The third-order valence-electron chi connectivity index (χ3n) is 12.2. The molecule has 60 heavy (non-hydrogen) atoms. The van der Waals surface area contributed by atoms with Gasteiger partial charge in [-0.1, -0.05) is 140 Å². The Labute approximate surface area is 348 Å². The van der Waals surface area contributed by atoms with Crippen LogP contribution in [0.5, 0.6) is 0 Å². The van der Waals surface area contributed by atoms with Crippen molar-refractivity contribution in [3.8, 4) is 11.1 Å². The minimum absolute atomic E-state index is 0.407. The van der Waals surface area contributed by atoms with Crippen molar-refractivity contribution in [2.75, 3.05) is 0 Å². The SMILES string of the molecule is c1ccc2cc(C3N=C(c4cc5ccccc5c5ccccc45)N=C(c4cc(-c5ccc6c(c5)sc5ccccc56)cc5oc6cc7ccccc7cc6c45)N3)ccc2c1. The van der Waals surface area contributed by atoms with Crippen molar-refractivity contribution in [3.63, 3.8) is 0 Å². The number of furan rings is 1. The van der Waals surface area contributed by atoms with E-state index in [0.29, 0.717) is 5.84 Å². The van der Waals surface area contributed by atoms with E-state index in [1.54, 1.807) is 0 Å². The zero-order valence-electron chi connectivity index (χ0n) is 32.2. The maximum Gasteiger partial charge on any atom is 0.160 e. The molecule has 13 rings (SSSR count). The fraction of sp³-hybridized carbons (Fsp3) is 0.0182. The van der Waals surface area contributed by atoms with Crippen LogP contribution in [0.15, 0.2) is 202 Å². The molecule has 280 valence electrons. The topological polar surface area (TPSA) is 49.9 Å². The van der Waals surface area contributed by atoms with Gasteiger partial charge in [-0.05, 0) is 108 Å². The molecule has 4 nitrogen and oxygen atoms in total. The maximum atomic E-state index is 6.86. The van der Waals surface area contributed by atoms with Gasteiger partial charge < -0.3 is 9.73 Å². The van der Waals surface area contributed by atoms with E-state index in [1.807, 2.05) is 11.3 Å². The van der Waals surface area contributed by atoms with Gasteiger partial charge in [-0.15, -0.1) is 11.3 Å². The highest BCUT2D eigenvalue weighted by molar-refractivity contribution is 7.25. The molecule has 0 spiro atoms. The van der Waals surface area contributed by atoms with E-state index in [0.717, 1.165) is 77.1 Å². The number of hydrogen-bond acceptors (Lipinski definition) is 5. The lowest BCUT2D eigenvalue weighted by molar-refractivity contribution is 0.668. The van der Waals surface area contributed by atoms with Gasteiger partial charge in [-0.25, -0.2) is 9.98 Å². The number of amidine groups is 2. The van der Waals surface area contributed by atoms with E-state index in [-0.39, 0.29) is 0 Å². The van der Waals surface area contributed by atoms with Crippen molar-refractivity contribution in [2.45, 2.75) is 6.17 Å². The van der Waals surface area contributed by atoms with E-state index in [4.69, 9.17) is 14.4 Å². The van der Waals surface area contributed by atoms with Gasteiger partial charge in [0, 0.05) is 42.1 Å². The fourth-order valence-electron chi connectivity index (χ4n) is 9.34. The Morgan fingerprint density at radius 2 is 1.12 bits per heavy atom. The van der Waals surface area contributed by atoms with Crippen molar-refractivity contribution in [1.29, 1.82) is 0 Å². The van der Waals surface area contributed by atoms with E-state index < -0.39 is 6.17 Å². The molecule has 5 heteroatoms. The zero-order chi connectivity index (χ0) is 39.3. The molecule has 1 aliphatic heterocycles. The lowest BCUT2D eigenvalue weighted by Crippen LogP contribution is -2.33. The summed E-state index contributed by atoms with van der Waals surface area (Å²) in [5, 5.41) is 17.8. The highest BCUT2D eigenvalue weighted by Gasteiger charge is 2.26. The molecule has 3 heterocycles. The van der Waals surface area contributed by atoms with E-state index in [1.165, 1.54) is 41.7 Å². The Bertz CT molecular complexity index is 3830. The molecule has 0 amide bonds. The monoisotopic (exact) mass is 783 g/mol. The summed E-state index contributed by atoms with van der Waals surface area (Å²) in [5.74, 6) is 1.44. The van der Waals surface area contributed by atoms with Crippen LogP contribution in [0.25, 0.3) is 96.3 Å². The number of nitrogens with one attached hydrogen (secondary N) is 1. The van der Waals surface area contributed by atoms with Gasteiger partial charge >= 0.3 is 0 Å². The van der Waals surface area contributed by atoms with Crippen LogP contribution < -0.4 is 5.32 Å². The van der Waals surface area contributed by atoms with Crippen LogP contribution in [0.3, 0.4) is 0 Å². The molecule has 0 fully saturated rings. The Kier molecular flexibility index (Phi) is 7.21. The number of thiophene rings is 1. The van der Waals surface area contributed by atoms with Crippen molar-refractivity contribution >= 4 is 108 Å². The predicted molar refractivity (Wildman–Crippen MR) is 254 cm³/mol. The van der Waals surface area contributed by atoms with Gasteiger partial charge in [0.25, 0.3) is 0 Å². The first kappa shape index (κ1) is 33.4. The summed E-state index contributed by atoms with van der Waals surface area (Å²) in [5.41, 5.74) is 6.88. The molecule has 1 N–H and O–H groups in total. The number of fused-ring (bicyclic) bond motifs is 11. The molecule has 12 aromatic rings. The number of nitrogens with zero attached hydrogens (tertiary/aromatic N) is 2. The van der Waals surface area contributed by atoms with E-state index in [2.05, 4.69) is 193 Å². The van der Waals surface area contributed by atoms with E-state index in [9.17, 15) is 0 Å². The molecule has 0 radical (unpaired) electrons. The minimum atomic E-state index is -0.407. The van der Waals surface area contributed by atoms with Crippen LogP contribution in [0, 0.1) is 0 Å². The van der Waals surface area contributed by atoms with Crippen LogP contribution in [-0.4, -0.2) is 11.7 Å². The van der Waals surface area contributed by atoms with Crippen molar-refractivity contribution in [2.24, 2.45) is 9.98 Å². The number of hydrogen-bond donors (Lipinski definition) is 1. The van der Waals surface area contributed by atoms with Crippen LogP contribution in [-0.2, 0) is 0 Å². The number of benzene rings is 10. The van der Waals surface area contributed by atoms with Crippen LogP contribution in [0.4, 0.5) is 0 Å². The molecule has 0 saturated carbocycles. The first-order valence-electron chi connectivity index (χ1n) is 20.3. The Hall–Kier alpha value is -7.60. The normalized spacial score (nSPS) is 14.5. The highest BCUT2D eigenvalue weighted by atomic mass is 32.1. The van der Waals surface area contributed by atoms with Gasteiger partial charge in [-0.2, -0.15) is 0 Å². The minimum Gasteiger partial charge on any atom is -0.456 e. The van der Waals surface area contributed by atoms with Crippen molar-refractivity contribution in [3.05, 3.63) is 205 Å². The average Bonchev–Trinajstić information content (AvgIpc) is 3.87. The Balaban J connectivity index is 1.08. The predicted octanol–water partition coefficient (Wildman–Crippen LogP) is 14.7. The second-order valence-corrected chi connectivity index (χ2v) is 16.8. The van der Waals surface area contributed by atoms with Crippen LogP contribution >= 0.6 is 11.3 Å².